The van der Waals surface area contributed by atoms with Crippen molar-refractivity contribution in [2.24, 2.45) is 14.1 Å². The molecular weight excluding hydrogens is 266 g/mol. The molecule has 6 heteroatoms. The second-order valence-electron chi connectivity index (χ2n) is 5.03. The van der Waals surface area contributed by atoms with Crippen molar-refractivity contribution in [3.8, 4) is 0 Å². The van der Waals surface area contributed by atoms with Crippen LogP contribution in [0.5, 0.6) is 0 Å². The molecule has 0 amide bonds. The Hall–Kier alpha value is -2.34. The smallest absolute Gasteiger partial charge is 0.133 e. The van der Waals surface area contributed by atoms with Crippen LogP contribution >= 0.6 is 0 Å². The number of furan rings is 1. The first kappa shape index (κ1) is 13.6. The first-order chi connectivity index (χ1) is 10.2. The van der Waals surface area contributed by atoms with Crippen LogP contribution < -0.4 is 5.32 Å². The summed E-state index contributed by atoms with van der Waals surface area (Å²) in [6, 6.07) is 5.84. The summed E-state index contributed by atoms with van der Waals surface area (Å²) in [5.41, 5.74) is 1.07. The Morgan fingerprint density at radius 2 is 2.19 bits per heavy atom. The van der Waals surface area contributed by atoms with Gasteiger partial charge < -0.3 is 14.3 Å². The van der Waals surface area contributed by atoms with Gasteiger partial charge in [-0.3, -0.25) is 4.68 Å². The van der Waals surface area contributed by atoms with Gasteiger partial charge in [-0.2, -0.15) is 5.10 Å². The second-order valence-corrected chi connectivity index (χ2v) is 5.03. The fourth-order valence-electron chi connectivity index (χ4n) is 2.37. The average Bonchev–Trinajstić information content (AvgIpc) is 3.18. The van der Waals surface area contributed by atoms with Gasteiger partial charge in [0.2, 0.25) is 0 Å². The predicted molar refractivity (Wildman–Crippen MR) is 78.7 cm³/mol. The van der Waals surface area contributed by atoms with Crippen LogP contribution in [0, 0.1) is 0 Å². The van der Waals surface area contributed by atoms with E-state index in [4.69, 9.17) is 4.42 Å². The summed E-state index contributed by atoms with van der Waals surface area (Å²) in [5.74, 6) is 1.80. The third-order valence-electron chi connectivity index (χ3n) is 3.44. The molecule has 0 saturated carbocycles. The van der Waals surface area contributed by atoms with E-state index in [9.17, 15) is 0 Å². The van der Waals surface area contributed by atoms with E-state index in [2.05, 4.69) is 15.4 Å². The minimum absolute atomic E-state index is 0.0521. The minimum Gasteiger partial charge on any atom is -0.467 e. The van der Waals surface area contributed by atoms with Gasteiger partial charge in [0.25, 0.3) is 0 Å². The lowest BCUT2D eigenvalue weighted by atomic mass is 10.2. The number of rotatable bonds is 6. The molecule has 0 aliphatic carbocycles. The summed E-state index contributed by atoms with van der Waals surface area (Å²) >= 11 is 0. The molecule has 3 heterocycles. The molecule has 0 bridgehead atoms. The number of nitrogens with zero attached hydrogens (tertiary/aromatic N) is 4. The van der Waals surface area contributed by atoms with Crippen LogP contribution in [0.4, 0.5) is 0 Å². The van der Waals surface area contributed by atoms with Gasteiger partial charge in [0, 0.05) is 45.7 Å². The van der Waals surface area contributed by atoms with Gasteiger partial charge >= 0.3 is 0 Å². The Morgan fingerprint density at radius 1 is 1.29 bits per heavy atom. The maximum Gasteiger partial charge on any atom is 0.133 e. The highest BCUT2D eigenvalue weighted by Gasteiger charge is 2.20. The highest BCUT2D eigenvalue weighted by Crippen LogP contribution is 2.20. The van der Waals surface area contributed by atoms with Crippen LogP contribution in [0.1, 0.15) is 23.3 Å². The van der Waals surface area contributed by atoms with Crippen molar-refractivity contribution in [1.82, 2.24) is 24.6 Å². The average molecular weight is 285 g/mol. The fraction of sp³-hybridized carbons (Fsp3) is 0.333. The lowest BCUT2D eigenvalue weighted by Gasteiger charge is -2.16. The number of nitrogens with one attached hydrogen (secondary N) is 1. The predicted octanol–water partition coefficient (Wildman–Crippen LogP) is 1.67. The van der Waals surface area contributed by atoms with Crippen LogP contribution in [0.25, 0.3) is 0 Å². The first-order valence-electron chi connectivity index (χ1n) is 6.96. The zero-order chi connectivity index (χ0) is 14.7. The Morgan fingerprint density at radius 3 is 2.81 bits per heavy atom. The van der Waals surface area contributed by atoms with Gasteiger partial charge in [-0.25, -0.2) is 4.98 Å². The third-order valence-corrected chi connectivity index (χ3v) is 3.44. The van der Waals surface area contributed by atoms with Crippen molar-refractivity contribution < 1.29 is 4.42 Å². The van der Waals surface area contributed by atoms with Crippen molar-refractivity contribution >= 4 is 0 Å². The molecule has 3 aromatic rings. The number of hydrogen-bond donors (Lipinski definition) is 1. The van der Waals surface area contributed by atoms with E-state index in [0.29, 0.717) is 0 Å². The molecule has 3 aromatic heterocycles. The molecule has 1 N–H and O–H groups in total. The summed E-state index contributed by atoms with van der Waals surface area (Å²) < 4.78 is 9.36. The number of aryl methyl sites for hydroxylation is 2. The van der Waals surface area contributed by atoms with Crippen LogP contribution in [-0.4, -0.2) is 25.9 Å². The molecule has 3 rings (SSSR count). The molecule has 1 unspecified atom stereocenters. The Balaban J connectivity index is 1.70. The quantitative estimate of drug-likeness (QED) is 0.748. The van der Waals surface area contributed by atoms with Crippen LogP contribution in [-0.2, 0) is 20.5 Å². The van der Waals surface area contributed by atoms with E-state index in [-0.39, 0.29) is 6.04 Å². The Labute approximate surface area is 123 Å². The third kappa shape index (κ3) is 3.05. The lowest BCUT2D eigenvalue weighted by molar-refractivity contribution is 0.431. The van der Waals surface area contributed by atoms with Crippen molar-refractivity contribution in [3.63, 3.8) is 0 Å². The summed E-state index contributed by atoms with van der Waals surface area (Å²) in [6.07, 6.45) is 8.24. The molecule has 1 atom stereocenters. The van der Waals surface area contributed by atoms with Gasteiger partial charge in [0.05, 0.1) is 12.0 Å². The standard InChI is InChI=1S/C15H19N5O/c1-19-10-8-17-15(19)14(13-4-3-11-21-13)16-7-5-12-6-9-20(2)18-12/h3-4,6,8-11,14,16H,5,7H2,1-2H3. The number of hydrogen-bond acceptors (Lipinski definition) is 4. The van der Waals surface area contributed by atoms with Gasteiger partial charge in [0.15, 0.2) is 0 Å². The number of imidazole rings is 1. The summed E-state index contributed by atoms with van der Waals surface area (Å²) in [6.45, 7) is 0.801. The van der Waals surface area contributed by atoms with E-state index in [1.165, 1.54) is 0 Å². The topological polar surface area (TPSA) is 60.8 Å². The van der Waals surface area contributed by atoms with Crippen molar-refractivity contribution in [3.05, 3.63) is 60.3 Å². The van der Waals surface area contributed by atoms with Gasteiger partial charge in [0.1, 0.15) is 17.6 Å². The van der Waals surface area contributed by atoms with E-state index >= 15 is 0 Å². The van der Waals surface area contributed by atoms with Crippen molar-refractivity contribution in [2.75, 3.05) is 6.54 Å². The summed E-state index contributed by atoms with van der Waals surface area (Å²) in [5, 5.41) is 7.88. The first-order valence-corrected chi connectivity index (χ1v) is 6.96. The fourth-order valence-corrected chi connectivity index (χ4v) is 2.37. The van der Waals surface area contributed by atoms with Crippen molar-refractivity contribution in [2.45, 2.75) is 12.5 Å². The highest BCUT2D eigenvalue weighted by molar-refractivity contribution is 5.15. The molecule has 6 nitrogen and oxygen atoms in total. The van der Waals surface area contributed by atoms with E-state index in [0.717, 1.165) is 30.2 Å². The molecule has 21 heavy (non-hydrogen) atoms. The summed E-state index contributed by atoms with van der Waals surface area (Å²) in [7, 11) is 3.91. The Bertz CT molecular complexity index is 683. The largest absolute Gasteiger partial charge is 0.467 e. The number of aromatic nitrogens is 4. The van der Waals surface area contributed by atoms with Gasteiger partial charge in [-0.1, -0.05) is 0 Å². The zero-order valence-electron chi connectivity index (χ0n) is 12.2. The molecule has 0 fully saturated rings. The molecule has 0 radical (unpaired) electrons. The maximum absolute atomic E-state index is 5.55. The van der Waals surface area contributed by atoms with Gasteiger partial charge in [-0.15, -0.1) is 0 Å². The van der Waals surface area contributed by atoms with E-state index < -0.39 is 0 Å². The maximum atomic E-state index is 5.55. The van der Waals surface area contributed by atoms with Crippen molar-refractivity contribution in [1.29, 1.82) is 0 Å². The summed E-state index contributed by atoms with van der Waals surface area (Å²) in [4.78, 5) is 4.42. The molecular formula is C15H19N5O. The SMILES string of the molecule is Cn1ccc(CCNC(c2ccco2)c2nccn2C)n1. The van der Waals surface area contributed by atoms with Crippen LogP contribution in [0.15, 0.2) is 47.5 Å². The molecule has 0 aromatic carbocycles. The van der Waals surface area contributed by atoms with E-state index in [1.54, 1.807) is 12.5 Å². The Kier molecular flexibility index (Phi) is 3.87. The second kappa shape index (κ2) is 5.97. The molecule has 0 spiro atoms. The normalized spacial score (nSPS) is 12.7. The van der Waals surface area contributed by atoms with Crippen LogP contribution in [0.3, 0.4) is 0 Å². The lowest BCUT2D eigenvalue weighted by Crippen LogP contribution is -2.26. The molecule has 110 valence electrons. The molecule has 0 aliphatic heterocycles. The minimum atomic E-state index is -0.0521. The monoisotopic (exact) mass is 285 g/mol. The highest BCUT2D eigenvalue weighted by atomic mass is 16.3. The van der Waals surface area contributed by atoms with Crippen LogP contribution in [0.2, 0.25) is 0 Å². The van der Waals surface area contributed by atoms with E-state index in [1.807, 2.05) is 53.9 Å². The van der Waals surface area contributed by atoms with Gasteiger partial charge in [-0.05, 0) is 18.2 Å². The zero-order valence-corrected chi connectivity index (χ0v) is 12.2. The molecule has 0 aliphatic rings. The molecule has 0 saturated heterocycles.